The molecule has 96 valence electrons. The minimum atomic E-state index is 0.595. The van der Waals surface area contributed by atoms with Crippen LogP contribution in [0.25, 0.3) is 10.2 Å². The Kier molecular flexibility index (Phi) is 3.55. The molecule has 2 N–H and O–H groups in total. The average molecular weight is 286 g/mol. The predicted octanol–water partition coefficient (Wildman–Crippen LogP) is 4.21. The Labute approximate surface area is 120 Å². The maximum absolute atomic E-state index is 5.69. The molecular formula is C15H14N2S2. The van der Waals surface area contributed by atoms with Crippen LogP contribution in [-0.2, 0) is 6.54 Å². The molecule has 0 spiro atoms. The third kappa shape index (κ3) is 2.66. The van der Waals surface area contributed by atoms with Crippen LogP contribution >= 0.6 is 23.1 Å². The second kappa shape index (κ2) is 5.33. The van der Waals surface area contributed by atoms with Crippen molar-refractivity contribution in [2.24, 2.45) is 5.73 Å². The summed E-state index contributed by atoms with van der Waals surface area (Å²) < 4.78 is 2.32. The normalized spacial score (nSPS) is 11.1. The van der Waals surface area contributed by atoms with Crippen molar-refractivity contribution in [1.29, 1.82) is 0 Å². The number of thiazole rings is 1. The first kappa shape index (κ1) is 12.7. The molecule has 2 aromatic carbocycles. The Hall–Kier alpha value is -1.36. The Morgan fingerprint density at radius 3 is 2.79 bits per heavy atom. The van der Waals surface area contributed by atoms with E-state index in [0.717, 1.165) is 9.86 Å². The number of nitrogens with two attached hydrogens (primary N) is 1. The number of hydrogen-bond donors (Lipinski definition) is 1. The highest BCUT2D eigenvalue weighted by Crippen LogP contribution is 2.34. The number of benzene rings is 2. The van der Waals surface area contributed by atoms with E-state index in [9.17, 15) is 0 Å². The lowest BCUT2D eigenvalue weighted by Gasteiger charge is -2.04. The monoisotopic (exact) mass is 286 g/mol. The second-order valence-electron chi connectivity index (χ2n) is 4.34. The van der Waals surface area contributed by atoms with E-state index in [4.69, 9.17) is 5.73 Å². The fraction of sp³-hybridized carbons (Fsp3) is 0.133. The van der Waals surface area contributed by atoms with E-state index < -0.39 is 0 Å². The zero-order valence-corrected chi connectivity index (χ0v) is 12.2. The molecule has 1 aromatic heterocycles. The molecule has 0 aliphatic heterocycles. The van der Waals surface area contributed by atoms with Crippen LogP contribution in [-0.4, -0.2) is 4.98 Å². The highest BCUT2D eigenvalue weighted by Gasteiger charge is 2.06. The number of nitrogens with zero attached hydrogens (tertiary/aromatic N) is 1. The second-order valence-corrected chi connectivity index (χ2v) is 6.69. The Morgan fingerprint density at radius 1 is 1.21 bits per heavy atom. The van der Waals surface area contributed by atoms with Gasteiger partial charge in [-0.15, -0.1) is 11.3 Å². The van der Waals surface area contributed by atoms with Crippen LogP contribution in [0, 0.1) is 6.92 Å². The molecule has 2 nitrogen and oxygen atoms in total. The van der Waals surface area contributed by atoms with Gasteiger partial charge in [0.25, 0.3) is 0 Å². The molecular weight excluding hydrogens is 272 g/mol. The zero-order chi connectivity index (χ0) is 13.2. The Bertz CT molecular complexity index is 686. The molecule has 3 rings (SSSR count). The maximum atomic E-state index is 5.69. The molecule has 0 fully saturated rings. The maximum Gasteiger partial charge on any atom is 0.155 e. The summed E-state index contributed by atoms with van der Waals surface area (Å²) in [4.78, 5) is 5.85. The van der Waals surface area contributed by atoms with Gasteiger partial charge in [-0.2, -0.15) is 0 Å². The fourth-order valence-electron chi connectivity index (χ4n) is 1.96. The summed E-state index contributed by atoms with van der Waals surface area (Å²) >= 11 is 3.45. The summed E-state index contributed by atoms with van der Waals surface area (Å²) in [5.74, 6) is 0. The molecule has 0 saturated carbocycles. The summed E-state index contributed by atoms with van der Waals surface area (Å²) in [6, 6.07) is 14.6. The van der Waals surface area contributed by atoms with Crippen LogP contribution in [0.3, 0.4) is 0 Å². The quantitative estimate of drug-likeness (QED) is 0.783. The number of fused-ring (bicyclic) bond motifs is 1. The third-order valence-corrected chi connectivity index (χ3v) is 5.10. The number of para-hydroxylation sites is 1. The van der Waals surface area contributed by atoms with E-state index in [2.05, 4.69) is 48.3 Å². The van der Waals surface area contributed by atoms with Crippen LogP contribution in [0.4, 0.5) is 0 Å². The first-order valence-electron chi connectivity index (χ1n) is 6.09. The van der Waals surface area contributed by atoms with Crippen molar-refractivity contribution in [3.63, 3.8) is 0 Å². The van der Waals surface area contributed by atoms with Gasteiger partial charge < -0.3 is 5.73 Å². The molecule has 4 heteroatoms. The van der Waals surface area contributed by atoms with E-state index in [1.807, 2.05) is 6.07 Å². The Morgan fingerprint density at radius 2 is 2.05 bits per heavy atom. The summed E-state index contributed by atoms with van der Waals surface area (Å²) in [7, 11) is 0. The summed E-state index contributed by atoms with van der Waals surface area (Å²) in [5, 5.41) is 0. The molecule has 0 saturated heterocycles. The number of aromatic nitrogens is 1. The van der Waals surface area contributed by atoms with E-state index in [-0.39, 0.29) is 0 Å². The van der Waals surface area contributed by atoms with Gasteiger partial charge in [-0.25, -0.2) is 4.98 Å². The summed E-state index contributed by atoms with van der Waals surface area (Å²) in [6.45, 7) is 2.70. The number of aryl methyl sites for hydroxylation is 1. The van der Waals surface area contributed by atoms with Crippen molar-refractivity contribution in [2.75, 3.05) is 0 Å². The molecule has 0 bridgehead atoms. The van der Waals surface area contributed by atoms with Gasteiger partial charge in [-0.1, -0.05) is 30.0 Å². The number of rotatable bonds is 3. The molecule has 0 aliphatic rings. The van der Waals surface area contributed by atoms with Gasteiger partial charge in [-0.05, 0) is 42.3 Å². The fourth-order valence-corrected chi connectivity index (χ4v) is 4.10. The van der Waals surface area contributed by atoms with Gasteiger partial charge in [-0.3, -0.25) is 0 Å². The van der Waals surface area contributed by atoms with Crippen molar-refractivity contribution >= 4 is 33.3 Å². The van der Waals surface area contributed by atoms with Crippen molar-refractivity contribution in [1.82, 2.24) is 4.98 Å². The Balaban J connectivity index is 1.90. The SMILES string of the molecule is Cc1cc(Sc2nc3ccccc3s2)ccc1CN. The first-order chi connectivity index (χ1) is 9.26. The van der Waals surface area contributed by atoms with E-state index >= 15 is 0 Å². The molecule has 1 heterocycles. The van der Waals surface area contributed by atoms with Gasteiger partial charge in [0, 0.05) is 11.4 Å². The summed E-state index contributed by atoms with van der Waals surface area (Å²) in [5.41, 5.74) is 9.21. The van der Waals surface area contributed by atoms with Gasteiger partial charge in [0.1, 0.15) is 0 Å². The largest absolute Gasteiger partial charge is 0.326 e. The van der Waals surface area contributed by atoms with Crippen LogP contribution in [0.15, 0.2) is 51.7 Å². The lowest BCUT2D eigenvalue weighted by Crippen LogP contribution is -1.98. The molecule has 19 heavy (non-hydrogen) atoms. The molecule has 3 aromatic rings. The van der Waals surface area contributed by atoms with Gasteiger partial charge in [0.2, 0.25) is 0 Å². The van der Waals surface area contributed by atoms with Crippen LogP contribution in [0.2, 0.25) is 0 Å². The van der Waals surface area contributed by atoms with Gasteiger partial charge >= 0.3 is 0 Å². The van der Waals surface area contributed by atoms with E-state index in [1.54, 1.807) is 23.1 Å². The van der Waals surface area contributed by atoms with Crippen molar-refractivity contribution in [3.8, 4) is 0 Å². The van der Waals surface area contributed by atoms with Crippen LogP contribution < -0.4 is 5.73 Å². The standard InChI is InChI=1S/C15H14N2S2/c1-10-8-12(7-6-11(10)9-16)18-15-17-13-4-2-3-5-14(13)19-15/h2-8H,9,16H2,1H3. The average Bonchev–Trinajstić information content (AvgIpc) is 2.81. The molecule has 0 atom stereocenters. The highest BCUT2D eigenvalue weighted by molar-refractivity contribution is 8.01. The predicted molar refractivity (Wildman–Crippen MR) is 82.8 cm³/mol. The zero-order valence-electron chi connectivity index (χ0n) is 10.6. The first-order valence-corrected chi connectivity index (χ1v) is 7.72. The van der Waals surface area contributed by atoms with Crippen LogP contribution in [0.1, 0.15) is 11.1 Å². The third-order valence-electron chi connectivity index (χ3n) is 3.01. The van der Waals surface area contributed by atoms with Crippen molar-refractivity contribution in [2.45, 2.75) is 22.7 Å². The molecule has 0 radical (unpaired) electrons. The van der Waals surface area contributed by atoms with Gasteiger partial charge in [0.05, 0.1) is 10.2 Å². The minimum absolute atomic E-state index is 0.595. The van der Waals surface area contributed by atoms with Crippen LogP contribution in [0.5, 0.6) is 0 Å². The molecule has 0 unspecified atom stereocenters. The smallest absolute Gasteiger partial charge is 0.155 e. The topological polar surface area (TPSA) is 38.9 Å². The van der Waals surface area contributed by atoms with Crippen molar-refractivity contribution in [3.05, 3.63) is 53.6 Å². The van der Waals surface area contributed by atoms with E-state index in [1.165, 1.54) is 20.7 Å². The molecule has 0 aliphatic carbocycles. The number of hydrogen-bond acceptors (Lipinski definition) is 4. The van der Waals surface area contributed by atoms with E-state index in [0.29, 0.717) is 6.54 Å². The minimum Gasteiger partial charge on any atom is -0.326 e. The van der Waals surface area contributed by atoms with Crippen molar-refractivity contribution < 1.29 is 0 Å². The summed E-state index contributed by atoms with van der Waals surface area (Å²) in [6.07, 6.45) is 0. The molecule has 0 amide bonds. The highest BCUT2D eigenvalue weighted by atomic mass is 32.2. The lowest BCUT2D eigenvalue weighted by molar-refractivity contribution is 1.04. The van der Waals surface area contributed by atoms with Gasteiger partial charge in [0.15, 0.2) is 4.34 Å². The lowest BCUT2D eigenvalue weighted by atomic mass is 10.1.